The number of hydrogen-bond donors (Lipinski definition) is 2. The van der Waals surface area contributed by atoms with E-state index in [4.69, 9.17) is 98.7 Å². The summed E-state index contributed by atoms with van der Waals surface area (Å²) < 4.78 is 21.3. The summed E-state index contributed by atoms with van der Waals surface area (Å²) in [4.78, 5) is 47.2. The molecule has 0 saturated carbocycles. The summed E-state index contributed by atoms with van der Waals surface area (Å²) in [7, 11) is 0. The third kappa shape index (κ3) is 9.67. The molecule has 1 heterocycles. The van der Waals surface area contributed by atoms with Crippen LogP contribution in [0.3, 0.4) is 0 Å². The van der Waals surface area contributed by atoms with Crippen LogP contribution in [0.1, 0.15) is 20.8 Å². The van der Waals surface area contributed by atoms with Crippen LogP contribution in [0.4, 0.5) is 0 Å². The van der Waals surface area contributed by atoms with E-state index in [1.54, 1.807) is 0 Å². The molecule has 0 bridgehead atoms. The molecular weight excluding hydrogens is 577 g/mol. The molecule has 11 nitrogen and oxygen atoms in total. The quantitative estimate of drug-likeness (QED) is 0.155. The molecule has 1 aliphatic rings. The van der Waals surface area contributed by atoms with Gasteiger partial charge >= 0.3 is 17.9 Å². The third-order valence-corrected chi connectivity index (χ3v) is 4.78. The van der Waals surface area contributed by atoms with E-state index in [1.807, 2.05) is 0 Å². The number of amides is 1. The van der Waals surface area contributed by atoms with Crippen molar-refractivity contribution in [2.24, 2.45) is 0 Å². The second kappa shape index (κ2) is 12.1. The Balaban J connectivity index is 3.50. The van der Waals surface area contributed by atoms with E-state index in [0.29, 0.717) is 0 Å². The topological polar surface area (TPSA) is 150 Å². The molecule has 0 unspecified atom stereocenters. The summed E-state index contributed by atoms with van der Waals surface area (Å²) in [5.41, 5.74) is 0. The van der Waals surface area contributed by atoms with Gasteiger partial charge in [0.25, 0.3) is 13.5 Å². The number of rotatable bonds is 6. The standard InChI is InChI=1S/C16H18Cl6N2O9/c1-5(25)29-4-8-10(30-6(2)26)11(31-7(3)27)9(24-14(28)16(20,21)22)12(32-8)33-13(23)15(17,18)19/h8-12,23H,4H2,1-3H3,(H,24,28)/t8-,9-,10-,11-,12-/m1/s1. The Morgan fingerprint density at radius 3 is 1.79 bits per heavy atom. The highest BCUT2D eigenvalue weighted by molar-refractivity contribution is 6.76. The van der Waals surface area contributed by atoms with Gasteiger partial charge < -0.3 is 29.0 Å². The molecule has 1 rings (SSSR count). The smallest absolute Gasteiger partial charge is 0.303 e. The molecular formula is C16H18Cl6N2O9. The van der Waals surface area contributed by atoms with Gasteiger partial charge in [0.15, 0.2) is 12.2 Å². The van der Waals surface area contributed by atoms with E-state index in [2.05, 4.69) is 5.32 Å². The van der Waals surface area contributed by atoms with Gasteiger partial charge in [0, 0.05) is 20.8 Å². The summed E-state index contributed by atoms with van der Waals surface area (Å²) in [5, 5.41) is 10.0. The Labute approximate surface area is 217 Å². The lowest BCUT2D eigenvalue weighted by molar-refractivity contribution is -0.260. The highest BCUT2D eigenvalue weighted by Gasteiger charge is 2.54. The summed E-state index contributed by atoms with van der Waals surface area (Å²) in [6.07, 6.45) is -6.06. The van der Waals surface area contributed by atoms with E-state index < -0.39 is 74.5 Å². The van der Waals surface area contributed by atoms with Crippen molar-refractivity contribution in [3.05, 3.63) is 0 Å². The first-order valence-corrected chi connectivity index (χ1v) is 11.0. The second-order valence-electron chi connectivity index (χ2n) is 6.44. The molecule has 0 aromatic carbocycles. The van der Waals surface area contributed by atoms with Crippen LogP contribution in [0.5, 0.6) is 0 Å². The van der Waals surface area contributed by atoms with Crippen molar-refractivity contribution in [3.8, 4) is 0 Å². The lowest BCUT2D eigenvalue weighted by Gasteiger charge is -2.45. The number of alkyl halides is 6. The zero-order valence-corrected chi connectivity index (χ0v) is 21.6. The Morgan fingerprint density at radius 2 is 1.36 bits per heavy atom. The van der Waals surface area contributed by atoms with Crippen molar-refractivity contribution >= 4 is 99.3 Å². The average molecular weight is 595 g/mol. The fraction of sp³-hybridized carbons (Fsp3) is 0.688. The van der Waals surface area contributed by atoms with E-state index in [1.165, 1.54) is 0 Å². The average Bonchev–Trinajstić information content (AvgIpc) is 2.62. The highest BCUT2D eigenvalue weighted by atomic mass is 35.6. The van der Waals surface area contributed by atoms with Crippen LogP contribution < -0.4 is 5.32 Å². The minimum Gasteiger partial charge on any atom is -0.463 e. The Morgan fingerprint density at radius 1 is 0.848 bits per heavy atom. The fourth-order valence-corrected chi connectivity index (χ4v) is 2.87. The number of carbonyl (C=O) groups is 4. The van der Waals surface area contributed by atoms with Crippen LogP contribution in [-0.2, 0) is 42.9 Å². The first-order chi connectivity index (χ1) is 14.9. The maximum Gasteiger partial charge on any atom is 0.303 e. The molecule has 5 atom stereocenters. The zero-order valence-electron chi connectivity index (χ0n) is 17.0. The first-order valence-electron chi connectivity index (χ1n) is 8.76. The molecule has 2 N–H and O–H groups in total. The lowest BCUT2D eigenvalue weighted by Crippen LogP contribution is -2.68. The minimum atomic E-state index is -2.49. The van der Waals surface area contributed by atoms with E-state index >= 15 is 0 Å². The van der Waals surface area contributed by atoms with Crippen LogP contribution >= 0.6 is 69.6 Å². The largest absolute Gasteiger partial charge is 0.463 e. The molecule has 33 heavy (non-hydrogen) atoms. The van der Waals surface area contributed by atoms with E-state index in [-0.39, 0.29) is 0 Å². The summed E-state index contributed by atoms with van der Waals surface area (Å²) in [6.45, 7) is 2.65. The van der Waals surface area contributed by atoms with Crippen molar-refractivity contribution in [2.75, 3.05) is 6.61 Å². The lowest BCUT2D eigenvalue weighted by atomic mass is 9.96. The molecule has 17 heteroatoms. The summed E-state index contributed by atoms with van der Waals surface area (Å²) in [6, 6.07) is -1.57. The van der Waals surface area contributed by atoms with Gasteiger partial charge in [-0.1, -0.05) is 69.6 Å². The van der Waals surface area contributed by atoms with E-state index in [9.17, 15) is 19.2 Å². The van der Waals surface area contributed by atoms with Crippen molar-refractivity contribution in [1.29, 1.82) is 5.41 Å². The van der Waals surface area contributed by atoms with Crippen molar-refractivity contribution < 1.29 is 42.9 Å². The Bertz CT molecular complexity index is 785. The maximum atomic E-state index is 12.4. The first kappa shape index (κ1) is 30.1. The zero-order chi connectivity index (χ0) is 25.7. The normalized spacial score (nSPS) is 25.4. The van der Waals surface area contributed by atoms with Crippen molar-refractivity contribution in [1.82, 2.24) is 5.32 Å². The monoisotopic (exact) mass is 592 g/mol. The molecule has 1 amide bonds. The second-order valence-corrected chi connectivity index (χ2v) is 11.0. The molecule has 1 saturated heterocycles. The predicted molar refractivity (Wildman–Crippen MR) is 118 cm³/mol. The number of nitrogens with one attached hydrogen (secondary N) is 2. The predicted octanol–water partition coefficient (Wildman–Crippen LogP) is 2.36. The van der Waals surface area contributed by atoms with Crippen molar-refractivity contribution in [3.63, 3.8) is 0 Å². The van der Waals surface area contributed by atoms with Gasteiger partial charge in [-0.2, -0.15) is 0 Å². The number of halogens is 6. The molecule has 1 fully saturated rings. The van der Waals surface area contributed by atoms with Crippen LogP contribution in [0.15, 0.2) is 0 Å². The summed E-state index contributed by atoms with van der Waals surface area (Å²) >= 11 is 33.7. The minimum absolute atomic E-state index is 0.517. The molecule has 188 valence electrons. The van der Waals surface area contributed by atoms with Gasteiger partial charge in [0.1, 0.15) is 18.8 Å². The van der Waals surface area contributed by atoms with Gasteiger partial charge in [-0.3, -0.25) is 24.6 Å². The maximum absolute atomic E-state index is 12.4. The number of ether oxygens (including phenoxy) is 5. The molecule has 0 spiro atoms. The molecule has 0 aliphatic carbocycles. The number of hydrogen-bond acceptors (Lipinski definition) is 10. The Hall–Kier alpha value is -0.950. The van der Waals surface area contributed by atoms with Gasteiger partial charge in [-0.15, -0.1) is 0 Å². The summed E-state index contributed by atoms with van der Waals surface area (Å²) in [5.74, 6) is -4.61. The van der Waals surface area contributed by atoms with Crippen LogP contribution in [0.25, 0.3) is 0 Å². The van der Waals surface area contributed by atoms with Crippen LogP contribution in [0.2, 0.25) is 0 Å². The third-order valence-electron chi connectivity index (χ3n) is 3.75. The SMILES string of the molecule is CC(=O)OC[C@H]1O[C@H](OC(=N)C(Cl)(Cl)Cl)[C@H](NC(=O)C(Cl)(Cl)Cl)[C@@H](OC(C)=O)[C@@H]1OC(C)=O. The number of carbonyl (C=O) groups excluding carboxylic acids is 4. The number of esters is 3. The fourth-order valence-electron chi connectivity index (χ4n) is 2.57. The van der Waals surface area contributed by atoms with Crippen molar-refractivity contribution in [2.45, 2.75) is 59.0 Å². The molecule has 0 aromatic rings. The van der Waals surface area contributed by atoms with Gasteiger partial charge in [-0.05, 0) is 0 Å². The Kier molecular flexibility index (Phi) is 11.1. The molecule has 0 radical (unpaired) electrons. The van der Waals surface area contributed by atoms with Gasteiger partial charge in [0.05, 0.1) is 0 Å². The van der Waals surface area contributed by atoms with Gasteiger partial charge in [-0.25, -0.2) is 0 Å². The van der Waals surface area contributed by atoms with Crippen LogP contribution in [0, 0.1) is 5.41 Å². The molecule has 0 aromatic heterocycles. The molecule has 1 aliphatic heterocycles. The van der Waals surface area contributed by atoms with Gasteiger partial charge in [0.2, 0.25) is 12.2 Å². The van der Waals surface area contributed by atoms with E-state index in [0.717, 1.165) is 20.8 Å². The highest BCUT2D eigenvalue weighted by Crippen LogP contribution is 2.34. The van der Waals surface area contributed by atoms with Crippen LogP contribution in [-0.4, -0.2) is 74.5 Å².